The first-order chi connectivity index (χ1) is 54.1. The zero-order valence-corrected chi connectivity index (χ0v) is 82.6. The molecule has 4 aromatic rings. The molecule has 0 radical (unpaired) electrons. The third kappa shape index (κ3) is 43.4. The van der Waals surface area contributed by atoms with Gasteiger partial charge >= 0.3 is 139 Å². The van der Waals surface area contributed by atoms with Gasteiger partial charge in [0.05, 0.1) is 22.3 Å². The van der Waals surface area contributed by atoms with E-state index in [1.807, 2.05) is 111 Å². The monoisotopic (exact) mass is 1940 g/mol. The summed E-state index contributed by atoms with van der Waals surface area (Å²) in [4.78, 5) is 132. The summed E-state index contributed by atoms with van der Waals surface area (Å²) < 4.78 is 49.8. The van der Waals surface area contributed by atoms with Crippen molar-refractivity contribution in [3.63, 3.8) is 0 Å². The fourth-order valence-corrected chi connectivity index (χ4v) is 13.6. The Balaban J connectivity index is 0. The van der Waals surface area contributed by atoms with Crippen LogP contribution in [0.15, 0.2) is 62.3 Å². The summed E-state index contributed by atoms with van der Waals surface area (Å²) in [5, 5.41) is 35.0. The minimum absolute atomic E-state index is 0. The Morgan fingerprint density at radius 2 is 0.750 bits per heavy atom. The molecule has 0 aromatic carbocycles. The number of likely N-dealkylation sites (tertiary alicyclic amines) is 3. The third-order valence-corrected chi connectivity index (χ3v) is 20.9. The molecule has 7 heterocycles. The number of aromatic carboxylic acids is 1. The number of carboxylic acids is 2. The summed E-state index contributed by atoms with van der Waals surface area (Å²) in [5.41, 5.74) is 5.90. The van der Waals surface area contributed by atoms with Gasteiger partial charge in [-0.2, -0.15) is 13.2 Å². The average molecular weight is 1940 g/mol. The summed E-state index contributed by atoms with van der Waals surface area (Å²) in [5.74, 6) is -0.711. The van der Waals surface area contributed by atoms with Crippen molar-refractivity contribution < 1.29 is 195 Å². The van der Waals surface area contributed by atoms with E-state index in [-0.39, 0.29) is 179 Å². The summed E-state index contributed by atoms with van der Waals surface area (Å²) in [7, 11) is 8.08. The predicted octanol–water partition coefficient (Wildman–Crippen LogP) is 8.16. The smallest absolute Gasteiger partial charge is 1.00 e. The molecular weight excluding hydrogens is 1810 g/mol. The van der Waals surface area contributed by atoms with Crippen LogP contribution >= 0.6 is 47.8 Å². The van der Waals surface area contributed by atoms with Crippen LogP contribution in [-0.4, -0.2) is 232 Å². The van der Waals surface area contributed by atoms with E-state index in [2.05, 4.69) is 98.3 Å². The second kappa shape index (κ2) is 55.6. The Morgan fingerprint density at radius 3 is 0.992 bits per heavy atom. The Kier molecular flexibility index (Phi) is 53.4. The number of nitrogens with two attached hydrogens (primary N) is 1. The number of nitrogens with one attached hydrogen (secondary N) is 3. The van der Waals surface area contributed by atoms with Crippen molar-refractivity contribution in [2.75, 3.05) is 92.8 Å². The fraction of sp³-hybridized carbons (Fsp3) is 0.646. The minimum Gasteiger partial charge on any atom is -1.00 e. The maximum absolute atomic E-state index is 12.7. The number of hydrogen-bond donors (Lipinski definition) is 6. The molecule has 7 fully saturated rings. The molecule has 3 saturated heterocycles. The molecule has 0 spiro atoms. The zero-order valence-electron chi connectivity index (χ0n) is 72.6. The van der Waals surface area contributed by atoms with Crippen molar-refractivity contribution >= 4 is 131 Å². The number of ether oxygens (including phenoxy) is 3. The van der Waals surface area contributed by atoms with Crippen LogP contribution in [0.25, 0.3) is 0 Å². The molecule has 4 saturated carbocycles. The molecule has 7 N–H and O–H groups in total. The maximum atomic E-state index is 12.7. The first-order valence-corrected chi connectivity index (χ1v) is 41.4. The summed E-state index contributed by atoms with van der Waals surface area (Å²) in [6.45, 7) is 25.9. The quantitative estimate of drug-likeness (QED) is 0.0117. The van der Waals surface area contributed by atoms with Crippen LogP contribution < -0.4 is 144 Å². The van der Waals surface area contributed by atoms with Gasteiger partial charge < -0.3 is 87.1 Å². The number of carbonyl (C=O) groups excluding carboxylic acids is 7. The van der Waals surface area contributed by atoms with Crippen molar-refractivity contribution in [3.8, 4) is 0 Å². The standard InChI is InChI=1S/C22H34N4O3.C18H26N4O3.C15H21BrN2O2.C10H11Br2NO2.C7H14N2O.C5H11N.C2HF3O2.CH2O3.2CH4.2K.H/c1-15(27)26-11-9-17(10-12-26)23-19-13-16(21(28)29-22(2,3)4)14-20(24-19)25(5)18-7-6-8-18;1-12(23)22-8-6-14(7-9-22)19-16-10-13(18(24)25)11-17(20-16)21(2)15-4-3-5-15;1-15(2,3)20-14(19)10-8-12(16)17-13(9-10)18(4)11-6-5-7-11;1-10(2,3)15-9(14)6-4-7(11)13-8(12)5-6;1-6(10)9-4-2-7(8)3-5-9;1-6-5-3-2-4-5;3-2(4,5)1(6)7;2-1-4-3;;;;;/h13-14,17-18H,6-12H2,1-5H3,(H,23,24);10-11,14-15H,3-9H2,1-2H3,(H,19,20)(H,24,25);8-9,11H,5-7H2,1-4H3;4-5H,1-3H3;7H,2-5,8H2,1H3;5-6H,2-4H2,1H3;(H,6,7);1,3H;2*1H4;;;/q;;;;;;;;;;2*+1;-1/p-1. The van der Waals surface area contributed by atoms with Crippen molar-refractivity contribution in [2.24, 2.45) is 5.73 Å². The molecule has 30 nitrogen and oxygen atoms in total. The number of piperidine rings is 3. The summed E-state index contributed by atoms with van der Waals surface area (Å²) in [6, 6.07) is 16.7. The van der Waals surface area contributed by atoms with Crippen LogP contribution in [-0.2, 0) is 43.1 Å². The number of hydrogen-bond acceptors (Lipinski definition) is 25. The Hall–Kier alpha value is -4.79. The van der Waals surface area contributed by atoms with Gasteiger partial charge in [-0.1, -0.05) is 21.3 Å². The number of carboxylic acid groups (broad SMARTS) is 2. The maximum Gasteiger partial charge on any atom is 1.00 e. The van der Waals surface area contributed by atoms with E-state index in [0.29, 0.717) is 72.1 Å². The average Bonchev–Trinajstić information content (AvgIpc) is 0.818. The Bertz CT molecular complexity index is 3850. The zero-order chi connectivity index (χ0) is 87.2. The van der Waals surface area contributed by atoms with Crippen molar-refractivity contribution in [2.45, 2.75) is 279 Å². The van der Waals surface area contributed by atoms with Gasteiger partial charge in [0.15, 0.2) is 0 Å². The Morgan fingerprint density at radius 1 is 0.483 bits per heavy atom. The van der Waals surface area contributed by atoms with Crippen LogP contribution in [0.4, 0.5) is 42.3 Å². The number of aliphatic carboxylic acids is 1. The molecule has 0 unspecified atom stereocenters. The number of nitrogens with zero attached hydrogens (tertiary/aromatic N) is 10. The van der Waals surface area contributed by atoms with Crippen LogP contribution in [0.1, 0.15) is 256 Å². The van der Waals surface area contributed by atoms with E-state index >= 15 is 0 Å². The second-order valence-corrected chi connectivity index (χ2v) is 34.7. The molecule has 3 amide bonds. The van der Waals surface area contributed by atoms with E-state index < -0.39 is 34.9 Å². The van der Waals surface area contributed by atoms with E-state index in [0.717, 1.165) is 121 Å². The number of pyridine rings is 4. The molecule has 38 heteroatoms. The van der Waals surface area contributed by atoms with Gasteiger partial charge in [0.1, 0.15) is 59.7 Å². The number of carbonyl (C=O) groups is 9. The molecule has 666 valence electrons. The summed E-state index contributed by atoms with van der Waals surface area (Å²) in [6.07, 6.45) is 15.1. The van der Waals surface area contributed by atoms with Crippen LogP contribution in [0.2, 0.25) is 0 Å². The molecule has 4 aromatic heterocycles. The summed E-state index contributed by atoms with van der Waals surface area (Å²) >= 11 is 9.80. The van der Waals surface area contributed by atoms with Crippen molar-refractivity contribution in [1.82, 2.24) is 40.0 Å². The van der Waals surface area contributed by atoms with Crippen LogP contribution in [0.5, 0.6) is 0 Å². The Labute approximate surface area is 818 Å². The first kappa shape index (κ1) is 115. The number of anilines is 5. The van der Waals surface area contributed by atoms with Crippen molar-refractivity contribution in [3.05, 3.63) is 84.6 Å². The number of esters is 3. The number of amides is 3. The van der Waals surface area contributed by atoms with Gasteiger partial charge in [0.2, 0.25) is 17.7 Å². The van der Waals surface area contributed by atoms with Gasteiger partial charge in [-0.3, -0.25) is 19.2 Å². The predicted molar refractivity (Wildman–Crippen MR) is 460 cm³/mol. The first-order valence-electron chi connectivity index (χ1n) is 39.0. The topological polar surface area (TPSA) is 387 Å². The van der Waals surface area contributed by atoms with Gasteiger partial charge in [0, 0.05) is 123 Å². The number of alkyl halides is 3. The molecular formula is C82H128Br3F3K2N14O16. The molecule has 120 heavy (non-hydrogen) atoms. The van der Waals surface area contributed by atoms with Gasteiger partial charge in [0.25, 0.3) is 6.47 Å². The SMILES string of the molecule is C.C.CC(=O)N1CCC(N)CC1.CC(=O)N1CCC(Nc2cc(C(=O)O)cc(N(C)C3CCC3)n2)CC1.CC(=O)N1CCC(Nc2cc(C(=O)OC(C)(C)C)cc(N(C)C3CCC3)n2)CC1.CC(C)(C)OC(=O)c1cc(Br)nc(Br)c1.CN(c1cc(C(=O)OC(C)(C)C)cc(Br)n1)C1CCC1.CNC1CCC1.O=C(O)C(F)(F)F.O=CO[O-].[H-].[K+].[K+]. The van der Waals surface area contributed by atoms with Gasteiger partial charge in [-0.05, 0) is 275 Å². The molecule has 4 aliphatic carbocycles. The molecule has 11 rings (SSSR count). The van der Waals surface area contributed by atoms with Gasteiger partial charge in [-0.25, -0.2) is 43.9 Å². The fourth-order valence-electron chi connectivity index (χ4n) is 12.0. The van der Waals surface area contributed by atoms with Crippen LogP contribution in [0, 0.1) is 0 Å². The molecule has 3 aliphatic heterocycles. The van der Waals surface area contributed by atoms with E-state index in [1.165, 1.54) is 51.4 Å². The minimum atomic E-state index is -5.08. The van der Waals surface area contributed by atoms with E-state index in [9.17, 15) is 51.8 Å². The third-order valence-electron chi connectivity index (χ3n) is 19.6. The number of rotatable bonds is 16. The molecule has 0 bridgehead atoms. The van der Waals surface area contributed by atoms with Crippen LogP contribution in [0.3, 0.4) is 0 Å². The molecule has 7 aliphatic rings. The van der Waals surface area contributed by atoms with Crippen molar-refractivity contribution in [1.29, 1.82) is 0 Å². The number of aromatic nitrogens is 4. The van der Waals surface area contributed by atoms with E-state index in [4.69, 9.17) is 44.9 Å². The number of halogens is 6. The van der Waals surface area contributed by atoms with Gasteiger partial charge in [-0.15, -0.1) is 0 Å². The second-order valence-electron chi connectivity index (χ2n) is 32.2. The van der Waals surface area contributed by atoms with E-state index in [1.54, 1.807) is 63.2 Å². The largest absolute Gasteiger partial charge is 1.00 e. The normalized spacial score (nSPS) is 16.1. The molecule has 0 atom stereocenters.